The third-order valence-electron chi connectivity index (χ3n) is 2.83. The molecular weight excluding hydrogens is 210 g/mol. The molecule has 96 valence electrons. The topological polar surface area (TPSA) is 55.3 Å². The molecule has 1 aromatic rings. The van der Waals surface area contributed by atoms with Crippen LogP contribution >= 0.6 is 0 Å². The Bertz CT molecular complexity index is 347. The predicted octanol–water partition coefficient (Wildman–Crippen LogP) is 2.37. The van der Waals surface area contributed by atoms with E-state index in [1.54, 1.807) is 0 Å². The Labute approximate surface area is 105 Å². The molecule has 0 atom stereocenters. The Morgan fingerprint density at radius 1 is 1.24 bits per heavy atom. The lowest BCUT2D eigenvalue weighted by atomic mass is 10.1. The van der Waals surface area contributed by atoms with Crippen molar-refractivity contribution in [2.45, 2.75) is 26.7 Å². The van der Waals surface area contributed by atoms with Gasteiger partial charge in [-0.15, -0.1) is 0 Å². The van der Waals surface area contributed by atoms with Crippen LogP contribution in [0.5, 0.6) is 0 Å². The molecule has 4 N–H and O–H groups in total. The van der Waals surface area contributed by atoms with Crippen LogP contribution in [0.4, 0.5) is 11.4 Å². The van der Waals surface area contributed by atoms with Gasteiger partial charge in [-0.25, -0.2) is 0 Å². The van der Waals surface area contributed by atoms with Gasteiger partial charge in [-0.05, 0) is 56.1 Å². The normalized spacial score (nSPS) is 11.4. The highest BCUT2D eigenvalue weighted by atomic mass is 15.1. The van der Waals surface area contributed by atoms with Gasteiger partial charge in [0.05, 0.1) is 0 Å². The first-order chi connectivity index (χ1) is 7.99. The molecule has 0 radical (unpaired) electrons. The third-order valence-corrected chi connectivity index (χ3v) is 2.83. The lowest BCUT2D eigenvalue weighted by molar-refractivity contribution is 0.292. The van der Waals surface area contributed by atoms with Gasteiger partial charge in [-0.3, -0.25) is 0 Å². The average molecular weight is 235 g/mol. The molecule has 0 bridgehead atoms. The minimum Gasteiger partial charge on any atom is -0.399 e. The maximum Gasteiger partial charge on any atom is 0.0348 e. The second-order valence-corrected chi connectivity index (χ2v) is 5.22. The lowest BCUT2D eigenvalue weighted by Crippen LogP contribution is -2.24. The van der Waals surface area contributed by atoms with E-state index >= 15 is 0 Å². The fraction of sp³-hybridized carbons (Fsp3) is 0.571. The number of rotatable bonds is 6. The van der Waals surface area contributed by atoms with E-state index in [2.05, 4.69) is 25.8 Å². The van der Waals surface area contributed by atoms with Crippen LogP contribution < -0.4 is 11.5 Å². The van der Waals surface area contributed by atoms with E-state index in [-0.39, 0.29) is 0 Å². The minimum absolute atomic E-state index is 0.720. The number of nitrogens with two attached hydrogens (primary N) is 2. The molecular formula is C14H25N3. The standard InChI is InChI=1S/C14H25N3/c1-11(2)10-17(3)8-4-5-12-9-13(15)6-7-14(12)16/h6-7,9,11H,4-5,8,10,15-16H2,1-3H3. The van der Waals surface area contributed by atoms with Crippen molar-refractivity contribution in [3.05, 3.63) is 23.8 Å². The smallest absolute Gasteiger partial charge is 0.0348 e. The van der Waals surface area contributed by atoms with Crippen molar-refractivity contribution in [1.82, 2.24) is 4.90 Å². The molecule has 1 aromatic carbocycles. The molecule has 0 unspecified atom stereocenters. The molecule has 0 saturated heterocycles. The Hall–Kier alpha value is -1.22. The molecule has 3 nitrogen and oxygen atoms in total. The van der Waals surface area contributed by atoms with Gasteiger partial charge in [0.1, 0.15) is 0 Å². The SMILES string of the molecule is CC(C)CN(C)CCCc1cc(N)ccc1N. The second kappa shape index (κ2) is 6.50. The van der Waals surface area contributed by atoms with Gasteiger partial charge < -0.3 is 16.4 Å². The molecule has 0 saturated carbocycles. The number of benzene rings is 1. The van der Waals surface area contributed by atoms with Crippen LogP contribution in [0, 0.1) is 5.92 Å². The first-order valence-electron chi connectivity index (χ1n) is 6.31. The summed E-state index contributed by atoms with van der Waals surface area (Å²) in [6.45, 7) is 6.73. The Morgan fingerprint density at radius 2 is 1.94 bits per heavy atom. The van der Waals surface area contributed by atoms with E-state index in [1.165, 1.54) is 5.56 Å². The summed E-state index contributed by atoms with van der Waals surface area (Å²) in [6.07, 6.45) is 2.12. The highest BCUT2D eigenvalue weighted by molar-refractivity contribution is 5.55. The Kier molecular flexibility index (Phi) is 5.29. The first-order valence-corrected chi connectivity index (χ1v) is 6.31. The molecule has 0 heterocycles. The highest BCUT2D eigenvalue weighted by Gasteiger charge is 2.03. The third kappa shape index (κ3) is 5.09. The molecule has 0 spiro atoms. The van der Waals surface area contributed by atoms with Crippen LogP contribution in [-0.4, -0.2) is 25.0 Å². The van der Waals surface area contributed by atoms with Crippen LogP contribution in [0.2, 0.25) is 0 Å². The van der Waals surface area contributed by atoms with Gasteiger partial charge in [-0.1, -0.05) is 13.8 Å². The highest BCUT2D eigenvalue weighted by Crippen LogP contribution is 2.17. The van der Waals surface area contributed by atoms with Crippen molar-refractivity contribution < 1.29 is 0 Å². The fourth-order valence-corrected chi connectivity index (χ4v) is 2.10. The molecule has 1 rings (SSSR count). The predicted molar refractivity (Wildman–Crippen MR) is 75.9 cm³/mol. The van der Waals surface area contributed by atoms with Crippen LogP contribution in [0.15, 0.2) is 18.2 Å². The van der Waals surface area contributed by atoms with E-state index in [4.69, 9.17) is 11.5 Å². The van der Waals surface area contributed by atoms with Gasteiger partial charge in [-0.2, -0.15) is 0 Å². The summed E-state index contributed by atoms with van der Waals surface area (Å²) < 4.78 is 0. The zero-order chi connectivity index (χ0) is 12.8. The van der Waals surface area contributed by atoms with E-state index in [0.717, 1.165) is 43.2 Å². The fourth-order valence-electron chi connectivity index (χ4n) is 2.10. The maximum absolute atomic E-state index is 5.92. The summed E-state index contributed by atoms with van der Waals surface area (Å²) in [6, 6.07) is 5.73. The first kappa shape index (κ1) is 13.8. The maximum atomic E-state index is 5.92. The molecule has 0 aliphatic heterocycles. The minimum atomic E-state index is 0.720. The largest absolute Gasteiger partial charge is 0.399 e. The summed E-state index contributed by atoms with van der Waals surface area (Å²) in [5, 5.41) is 0. The summed E-state index contributed by atoms with van der Waals surface area (Å²) in [7, 11) is 2.17. The zero-order valence-electron chi connectivity index (χ0n) is 11.2. The number of hydrogen-bond donors (Lipinski definition) is 2. The summed E-state index contributed by atoms with van der Waals surface area (Å²) in [4.78, 5) is 2.37. The molecule has 0 aromatic heterocycles. The van der Waals surface area contributed by atoms with Gasteiger partial charge in [0, 0.05) is 17.9 Å². The molecule has 0 amide bonds. The van der Waals surface area contributed by atoms with Gasteiger partial charge in [0.2, 0.25) is 0 Å². The Morgan fingerprint density at radius 3 is 2.59 bits per heavy atom. The number of nitrogen functional groups attached to an aromatic ring is 2. The average Bonchev–Trinajstić information content (AvgIpc) is 2.22. The Balaban J connectivity index is 2.38. The summed E-state index contributed by atoms with van der Waals surface area (Å²) >= 11 is 0. The molecule has 0 aliphatic rings. The molecule has 3 heteroatoms. The van der Waals surface area contributed by atoms with Crippen LogP contribution in [-0.2, 0) is 6.42 Å². The number of aryl methyl sites for hydroxylation is 1. The number of anilines is 2. The second-order valence-electron chi connectivity index (χ2n) is 5.22. The van der Waals surface area contributed by atoms with Crippen LogP contribution in [0.1, 0.15) is 25.8 Å². The van der Waals surface area contributed by atoms with Crippen molar-refractivity contribution in [3.63, 3.8) is 0 Å². The van der Waals surface area contributed by atoms with Gasteiger partial charge in [0.15, 0.2) is 0 Å². The van der Waals surface area contributed by atoms with Crippen molar-refractivity contribution >= 4 is 11.4 Å². The van der Waals surface area contributed by atoms with Gasteiger partial charge >= 0.3 is 0 Å². The monoisotopic (exact) mass is 235 g/mol. The van der Waals surface area contributed by atoms with Crippen molar-refractivity contribution in [2.75, 3.05) is 31.6 Å². The van der Waals surface area contributed by atoms with E-state index in [0.29, 0.717) is 0 Å². The van der Waals surface area contributed by atoms with Crippen molar-refractivity contribution in [1.29, 1.82) is 0 Å². The quantitative estimate of drug-likeness (QED) is 0.744. The van der Waals surface area contributed by atoms with E-state index in [9.17, 15) is 0 Å². The van der Waals surface area contributed by atoms with Gasteiger partial charge in [0.25, 0.3) is 0 Å². The molecule has 17 heavy (non-hydrogen) atoms. The summed E-state index contributed by atoms with van der Waals surface area (Å²) in [5.74, 6) is 0.720. The summed E-state index contributed by atoms with van der Waals surface area (Å²) in [5.41, 5.74) is 14.5. The lowest BCUT2D eigenvalue weighted by Gasteiger charge is -2.18. The molecule has 0 fully saturated rings. The van der Waals surface area contributed by atoms with Crippen molar-refractivity contribution in [3.8, 4) is 0 Å². The van der Waals surface area contributed by atoms with E-state index < -0.39 is 0 Å². The van der Waals surface area contributed by atoms with Crippen LogP contribution in [0.25, 0.3) is 0 Å². The van der Waals surface area contributed by atoms with Crippen molar-refractivity contribution in [2.24, 2.45) is 5.92 Å². The van der Waals surface area contributed by atoms with Crippen LogP contribution in [0.3, 0.4) is 0 Å². The number of nitrogens with zero attached hydrogens (tertiary/aromatic N) is 1. The molecule has 0 aliphatic carbocycles. The zero-order valence-corrected chi connectivity index (χ0v) is 11.2. The number of hydrogen-bond acceptors (Lipinski definition) is 3. The van der Waals surface area contributed by atoms with E-state index in [1.807, 2.05) is 18.2 Å².